The lowest BCUT2D eigenvalue weighted by atomic mass is 9.80. The Labute approximate surface area is 182 Å². The Balaban J connectivity index is 1.35. The van der Waals surface area contributed by atoms with E-state index in [1.807, 2.05) is 6.07 Å². The van der Waals surface area contributed by atoms with Gasteiger partial charge in [0.15, 0.2) is 0 Å². The molecule has 1 aromatic carbocycles. The van der Waals surface area contributed by atoms with E-state index in [1.165, 1.54) is 25.3 Å². The molecular formula is C23H31FN4OS. The second-order valence-corrected chi connectivity index (χ2v) is 9.87. The number of amides is 1. The molecule has 2 aromatic rings. The number of rotatable bonds is 6. The highest BCUT2D eigenvalue weighted by Gasteiger charge is 2.34. The molecule has 5 nitrogen and oxygen atoms in total. The lowest BCUT2D eigenvalue weighted by Gasteiger charge is -2.43. The molecule has 1 aliphatic carbocycles. The van der Waals surface area contributed by atoms with Crippen molar-refractivity contribution in [1.29, 1.82) is 0 Å². The third-order valence-electron chi connectivity index (χ3n) is 6.63. The summed E-state index contributed by atoms with van der Waals surface area (Å²) in [5.41, 5.74) is 1.70. The normalized spacial score (nSPS) is 18.9. The summed E-state index contributed by atoms with van der Waals surface area (Å²) in [4.78, 5) is 22.9. The minimum atomic E-state index is -0.239. The van der Waals surface area contributed by atoms with Crippen molar-refractivity contribution in [2.45, 2.75) is 50.6 Å². The van der Waals surface area contributed by atoms with Gasteiger partial charge >= 0.3 is 0 Å². The van der Waals surface area contributed by atoms with Crippen LogP contribution in [0.15, 0.2) is 24.3 Å². The first-order valence-electron chi connectivity index (χ1n) is 10.9. The molecule has 0 unspecified atom stereocenters. The summed E-state index contributed by atoms with van der Waals surface area (Å²) < 4.78 is 14.1. The van der Waals surface area contributed by atoms with Crippen molar-refractivity contribution in [3.8, 4) is 10.6 Å². The van der Waals surface area contributed by atoms with E-state index in [9.17, 15) is 9.18 Å². The number of benzene rings is 1. The summed E-state index contributed by atoms with van der Waals surface area (Å²) in [5.74, 6) is -0.151. The summed E-state index contributed by atoms with van der Waals surface area (Å²) in [7, 11) is 4.25. The fourth-order valence-electron chi connectivity index (χ4n) is 4.65. The van der Waals surface area contributed by atoms with Crippen LogP contribution in [-0.4, -0.2) is 60.0 Å². The summed E-state index contributed by atoms with van der Waals surface area (Å²) in [6.07, 6.45) is 6.86. The quantitative estimate of drug-likeness (QED) is 0.759. The predicted molar refractivity (Wildman–Crippen MR) is 119 cm³/mol. The monoisotopic (exact) mass is 430 g/mol. The number of carbonyl (C=O) groups is 1. The maximum atomic E-state index is 14.1. The van der Waals surface area contributed by atoms with Crippen LogP contribution in [0.1, 0.15) is 42.7 Å². The van der Waals surface area contributed by atoms with Crippen molar-refractivity contribution in [3.05, 3.63) is 40.7 Å². The molecule has 0 bridgehead atoms. The molecule has 2 heterocycles. The van der Waals surface area contributed by atoms with Crippen LogP contribution in [0.4, 0.5) is 4.39 Å². The first-order chi connectivity index (χ1) is 14.5. The Morgan fingerprint density at radius 3 is 2.77 bits per heavy atom. The van der Waals surface area contributed by atoms with Gasteiger partial charge in [0.2, 0.25) is 5.91 Å². The highest BCUT2D eigenvalue weighted by molar-refractivity contribution is 7.15. The van der Waals surface area contributed by atoms with E-state index in [4.69, 9.17) is 0 Å². The van der Waals surface area contributed by atoms with E-state index in [0.29, 0.717) is 18.7 Å². The Kier molecular flexibility index (Phi) is 6.51. The number of halogens is 1. The largest absolute Gasteiger partial charge is 0.353 e. The smallest absolute Gasteiger partial charge is 0.234 e. The fraction of sp³-hybridized carbons (Fsp3) is 0.565. The van der Waals surface area contributed by atoms with Crippen molar-refractivity contribution >= 4 is 17.2 Å². The number of nitrogens with one attached hydrogen (secondary N) is 1. The standard InChI is InChI=1S/C23H31FN4OS/c1-27(2)23(11-6-3-7-12-23)16-25-21(29)15-28-13-10-19-20(14-28)30-22(26-19)17-8-4-5-9-18(17)24/h4-5,8-9H,3,6-7,10-16H2,1-2H3,(H,25,29). The first-order valence-corrected chi connectivity index (χ1v) is 11.7. The van der Waals surface area contributed by atoms with Gasteiger partial charge in [0.1, 0.15) is 10.8 Å². The molecular weight excluding hydrogens is 399 g/mol. The van der Waals surface area contributed by atoms with Crippen LogP contribution < -0.4 is 5.32 Å². The molecule has 1 saturated carbocycles. The molecule has 1 amide bonds. The number of thiazole rings is 1. The van der Waals surface area contributed by atoms with Gasteiger partial charge < -0.3 is 10.2 Å². The van der Waals surface area contributed by atoms with E-state index in [1.54, 1.807) is 23.5 Å². The Bertz CT molecular complexity index is 891. The van der Waals surface area contributed by atoms with Gasteiger partial charge in [0, 0.05) is 42.0 Å². The second-order valence-electron chi connectivity index (χ2n) is 8.79. The van der Waals surface area contributed by atoms with Crippen LogP contribution in [0.5, 0.6) is 0 Å². The van der Waals surface area contributed by atoms with Crippen LogP contribution in [0.3, 0.4) is 0 Å². The second kappa shape index (κ2) is 9.12. The number of fused-ring (bicyclic) bond motifs is 1. The average Bonchev–Trinajstić information content (AvgIpc) is 3.16. The van der Waals surface area contributed by atoms with Crippen LogP contribution in [-0.2, 0) is 17.8 Å². The minimum Gasteiger partial charge on any atom is -0.353 e. The molecule has 1 fully saturated rings. The van der Waals surface area contributed by atoms with Crippen molar-refractivity contribution in [2.24, 2.45) is 0 Å². The van der Waals surface area contributed by atoms with E-state index in [-0.39, 0.29) is 17.3 Å². The van der Waals surface area contributed by atoms with Gasteiger partial charge in [-0.15, -0.1) is 11.3 Å². The molecule has 7 heteroatoms. The molecule has 4 rings (SSSR count). The molecule has 1 aliphatic heterocycles. The van der Waals surface area contributed by atoms with Crippen molar-refractivity contribution in [2.75, 3.05) is 33.7 Å². The number of likely N-dealkylation sites (N-methyl/N-ethyl adjacent to an activating group) is 1. The molecule has 162 valence electrons. The number of nitrogens with zero attached hydrogens (tertiary/aromatic N) is 3. The van der Waals surface area contributed by atoms with E-state index >= 15 is 0 Å². The predicted octanol–water partition coefficient (Wildman–Crippen LogP) is 3.69. The zero-order chi connectivity index (χ0) is 21.1. The molecule has 1 aromatic heterocycles. The third kappa shape index (κ3) is 4.58. The van der Waals surface area contributed by atoms with E-state index in [0.717, 1.165) is 47.9 Å². The van der Waals surface area contributed by atoms with Gasteiger partial charge in [-0.05, 0) is 39.1 Å². The topological polar surface area (TPSA) is 48.5 Å². The summed E-state index contributed by atoms with van der Waals surface area (Å²) >= 11 is 1.54. The third-order valence-corrected chi connectivity index (χ3v) is 7.75. The van der Waals surface area contributed by atoms with Crippen LogP contribution in [0.25, 0.3) is 10.6 Å². The van der Waals surface area contributed by atoms with Crippen LogP contribution in [0, 0.1) is 5.82 Å². The van der Waals surface area contributed by atoms with Crippen LogP contribution >= 0.6 is 11.3 Å². The molecule has 30 heavy (non-hydrogen) atoms. The van der Waals surface area contributed by atoms with Gasteiger partial charge in [0.05, 0.1) is 12.2 Å². The van der Waals surface area contributed by atoms with E-state index < -0.39 is 0 Å². The molecule has 0 radical (unpaired) electrons. The van der Waals surface area contributed by atoms with Crippen molar-refractivity contribution in [1.82, 2.24) is 20.1 Å². The highest BCUT2D eigenvalue weighted by Crippen LogP contribution is 2.33. The lowest BCUT2D eigenvalue weighted by Crippen LogP contribution is -2.54. The Hall–Kier alpha value is -1.83. The zero-order valence-corrected chi connectivity index (χ0v) is 18.7. The average molecular weight is 431 g/mol. The molecule has 0 saturated heterocycles. The number of aromatic nitrogens is 1. The van der Waals surface area contributed by atoms with Gasteiger partial charge in [0.25, 0.3) is 0 Å². The molecule has 1 N–H and O–H groups in total. The summed E-state index contributed by atoms with van der Waals surface area (Å²) in [6.45, 7) is 2.62. The fourth-order valence-corrected chi connectivity index (χ4v) is 5.82. The SMILES string of the molecule is CN(C)C1(CNC(=O)CN2CCc3nc(-c4ccccc4F)sc3C2)CCCCC1. The Morgan fingerprint density at radius 1 is 1.27 bits per heavy atom. The summed E-state index contributed by atoms with van der Waals surface area (Å²) in [5, 5.41) is 3.93. The highest BCUT2D eigenvalue weighted by atomic mass is 32.1. The van der Waals surface area contributed by atoms with Gasteiger partial charge in [-0.3, -0.25) is 9.69 Å². The minimum absolute atomic E-state index is 0.0871. The lowest BCUT2D eigenvalue weighted by molar-refractivity contribution is -0.123. The number of hydrogen-bond acceptors (Lipinski definition) is 5. The number of hydrogen-bond donors (Lipinski definition) is 1. The van der Waals surface area contributed by atoms with Gasteiger partial charge in [-0.2, -0.15) is 0 Å². The van der Waals surface area contributed by atoms with Gasteiger partial charge in [-0.1, -0.05) is 31.4 Å². The first kappa shape index (κ1) is 21.4. The van der Waals surface area contributed by atoms with Crippen molar-refractivity contribution in [3.63, 3.8) is 0 Å². The zero-order valence-electron chi connectivity index (χ0n) is 17.9. The number of carbonyl (C=O) groups excluding carboxylic acids is 1. The maximum Gasteiger partial charge on any atom is 0.234 e. The van der Waals surface area contributed by atoms with E-state index in [2.05, 4.69) is 34.2 Å². The van der Waals surface area contributed by atoms with Crippen molar-refractivity contribution < 1.29 is 9.18 Å². The molecule has 0 spiro atoms. The molecule has 2 aliphatic rings. The Morgan fingerprint density at radius 2 is 2.03 bits per heavy atom. The van der Waals surface area contributed by atoms with Crippen LogP contribution in [0.2, 0.25) is 0 Å². The maximum absolute atomic E-state index is 14.1. The van der Waals surface area contributed by atoms with Gasteiger partial charge in [-0.25, -0.2) is 9.37 Å². The molecule has 0 atom stereocenters. The summed E-state index contributed by atoms with van der Waals surface area (Å²) in [6, 6.07) is 6.78.